The third-order valence-electron chi connectivity index (χ3n) is 2.31. The summed E-state index contributed by atoms with van der Waals surface area (Å²) in [6.07, 6.45) is 0. The Balaban J connectivity index is 2.13. The lowest BCUT2D eigenvalue weighted by Crippen LogP contribution is -2.57. The molecule has 1 aliphatic rings. The lowest BCUT2D eigenvalue weighted by atomic mass is 10.1. The van der Waals surface area contributed by atoms with Gasteiger partial charge in [0, 0.05) is 13.1 Å². The van der Waals surface area contributed by atoms with Crippen LogP contribution < -0.4 is 10.6 Å². The molecule has 1 aromatic rings. The SMILES string of the molecule is O=C(NC1CNC1)c1cccc(F)c1F. The minimum Gasteiger partial charge on any atom is -0.347 e. The van der Waals surface area contributed by atoms with Crippen molar-refractivity contribution in [2.75, 3.05) is 13.1 Å². The number of carbonyl (C=O) groups excluding carboxylic acids is 1. The lowest BCUT2D eigenvalue weighted by Gasteiger charge is -2.27. The molecule has 0 radical (unpaired) electrons. The number of hydrogen-bond donors (Lipinski definition) is 2. The summed E-state index contributed by atoms with van der Waals surface area (Å²) in [4.78, 5) is 11.5. The van der Waals surface area contributed by atoms with Crippen molar-refractivity contribution in [3.8, 4) is 0 Å². The van der Waals surface area contributed by atoms with Gasteiger partial charge in [0.15, 0.2) is 11.6 Å². The van der Waals surface area contributed by atoms with Crippen molar-refractivity contribution < 1.29 is 13.6 Å². The van der Waals surface area contributed by atoms with Gasteiger partial charge in [-0.2, -0.15) is 0 Å². The van der Waals surface area contributed by atoms with Crippen molar-refractivity contribution in [2.45, 2.75) is 6.04 Å². The molecule has 0 aromatic heterocycles. The summed E-state index contributed by atoms with van der Waals surface area (Å²) < 4.78 is 26.0. The van der Waals surface area contributed by atoms with Crippen molar-refractivity contribution in [3.63, 3.8) is 0 Å². The molecule has 0 bridgehead atoms. The zero-order valence-corrected chi connectivity index (χ0v) is 7.89. The molecular formula is C10H10F2N2O. The fourth-order valence-corrected chi connectivity index (χ4v) is 1.33. The zero-order chi connectivity index (χ0) is 10.8. The Hall–Kier alpha value is -1.49. The number of amides is 1. The Morgan fingerprint density at radius 3 is 2.73 bits per heavy atom. The molecule has 15 heavy (non-hydrogen) atoms. The van der Waals surface area contributed by atoms with Crippen LogP contribution in [0.1, 0.15) is 10.4 Å². The summed E-state index contributed by atoms with van der Waals surface area (Å²) in [6.45, 7) is 1.34. The topological polar surface area (TPSA) is 41.1 Å². The molecule has 1 aliphatic heterocycles. The van der Waals surface area contributed by atoms with Crippen molar-refractivity contribution in [1.29, 1.82) is 0 Å². The van der Waals surface area contributed by atoms with Crippen LogP contribution in [0.5, 0.6) is 0 Å². The van der Waals surface area contributed by atoms with Gasteiger partial charge >= 0.3 is 0 Å². The van der Waals surface area contributed by atoms with Crippen LogP contribution in [0.3, 0.4) is 0 Å². The molecule has 0 aliphatic carbocycles. The molecule has 2 rings (SSSR count). The molecule has 0 spiro atoms. The van der Waals surface area contributed by atoms with Gasteiger partial charge in [-0.1, -0.05) is 6.07 Å². The standard InChI is InChI=1S/C10H10F2N2O/c11-8-3-1-2-7(9(8)12)10(15)14-6-4-13-5-6/h1-3,6,13H,4-5H2,(H,14,15). The zero-order valence-electron chi connectivity index (χ0n) is 7.89. The number of benzene rings is 1. The van der Waals surface area contributed by atoms with E-state index >= 15 is 0 Å². The Kier molecular flexibility index (Phi) is 2.64. The van der Waals surface area contributed by atoms with E-state index in [2.05, 4.69) is 10.6 Å². The monoisotopic (exact) mass is 212 g/mol. The van der Waals surface area contributed by atoms with E-state index in [4.69, 9.17) is 0 Å². The van der Waals surface area contributed by atoms with E-state index in [-0.39, 0.29) is 11.6 Å². The highest BCUT2D eigenvalue weighted by Crippen LogP contribution is 2.11. The first kappa shape index (κ1) is 10.0. The Bertz CT molecular complexity index is 391. The summed E-state index contributed by atoms with van der Waals surface area (Å²) in [5, 5.41) is 5.55. The average molecular weight is 212 g/mol. The maximum atomic E-state index is 13.2. The first-order valence-electron chi connectivity index (χ1n) is 4.64. The smallest absolute Gasteiger partial charge is 0.254 e. The maximum Gasteiger partial charge on any atom is 0.254 e. The van der Waals surface area contributed by atoms with Gasteiger partial charge in [0.05, 0.1) is 11.6 Å². The van der Waals surface area contributed by atoms with Crippen LogP contribution in [0, 0.1) is 11.6 Å². The van der Waals surface area contributed by atoms with Crippen molar-refractivity contribution in [3.05, 3.63) is 35.4 Å². The Morgan fingerprint density at radius 1 is 1.40 bits per heavy atom. The van der Waals surface area contributed by atoms with Crippen LogP contribution in [-0.4, -0.2) is 25.0 Å². The Morgan fingerprint density at radius 2 is 2.13 bits per heavy atom. The fraction of sp³-hybridized carbons (Fsp3) is 0.300. The van der Waals surface area contributed by atoms with Crippen LogP contribution >= 0.6 is 0 Å². The van der Waals surface area contributed by atoms with Crippen LogP contribution in [-0.2, 0) is 0 Å². The second-order valence-electron chi connectivity index (χ2n) is 3.43. The molecule has 0 saturated carbocycles. The fourth-order valence-electron chi connectivity index (χ4n) is 1.33. The van der Waals surface area contributed by atoms with E-state index in [0.717, 1.165) is 6.07 Å². The molecule has 1 heterocycles. The van der Waals surface area contributed by atoms with E-state index < -0.39 is 17.5 Å². The summed E-state index contributed by atoms with van der Waals surface area (Å²) >= 11 is 0. The van der Waals surface area contributed by atoms with E-state index in [0.29, 0.717) is 13.1 Å². The van der Waals surface area contributed by atoms with Gasteiger partial charge in [0.25, 0.3) is 5.91 Å². The predicted molar refractivity (Wildman–Crippen MR) is 50.5 cm³/mol. The minimum atomic E-state index is -1.10. The molecular weight excluding hydrogens is 202 g/mol. The van der Waals surface area contributed by atoms with Crippen LogP contribution in [0.15, 0.2) is 18.2 Å². The number of nitrogens with one attached hydrogen (secondary N) is 2. The van der Waals surface area contributed by atoms with E-state index in [1.807, 2.05) is 0 Å². The van der Waals surface area contributed by atoms with Crippen LogP contribution in [0.25, 0.3) is 0 Å². The second kappa shape index (κ2) is 3.94. The second-order valence-corrected chi connectivity index (χ2v) is 3.43. The summed E-state index contributed by atoms with van der Waals surface area (Å²) in [5.41, 5.74) is -0.248. The van der Waals surface area contributed by atoms with Gasteiger partial charge in [-0.25, -0.2) is 8.78 Å². The molecule has 1 aromatic carbocycles. The largest absolute Gasteiger partial charge is 0.347 e. The van der Waals surface area contributed by atoms with Gasteiger partial charge in [-0.3, -0.25) is 4.79 Å². The van der Waals surface area contributed by atoms with Crippen LogP contribution in [0.2, 0.25) is 0 Å². The van der Waals surface area contributed by atoms with Crippen molar-refractivity contribution >= 4 is 5.91 Å². The first-order valence-corrected chi connectivity index (χ1v) is 4.64. The molecule has 0 atom stereocenters. The molecule has 80 valence electrons. The number of halogens is 2. The normalized spacial score (nSPS) is 15.9. The maximum absolute atomic E-state index is 13.2. The van der Waals surface area contributed by atoms with Gasteiger partial charge < -0.3 is 10.6 Å². The van der Waals surface area contributed by atoms with Crippen molar-refractivity contribution in [1.82, 2.24) is 10.6 Å². The molecule has 0 unspecified atom stereocenters. The predicted octanol–water partition coefficient (Wildman–Crippen LogP) is 0.666. The lowest BCUT2D eigenvalue weighted by molar-refractivity contribution is 0.0919. The molecule has 3 nitrogen and oxygen atoms in total. The van der Waals surface area contributed by atoms with Crippen molar-refractivity contribution in [2.24, 2.45) is 0 Å². The summed E-state index contributed by atoms with van der Waals surface area (Å²) in [5.74, 6) is -2.67. The van der Waals surface area contributed by atoms with Crippen LogP contribution in [0.4, 0.5) is 8.78 Å². The third-order valence-corrected chi connectivity index (χ3v) is 2.31. The quantitative estimate of drug-likeness (QED) is 0.756. The third kappa shape index (κ3) is 1.97. The van der Waals surface area contributed by atoms with E-state index in [9.17, 15) is 13.6 Å². The van der Waals surface area contributed by atoms with Gasteiger partial charge in [0.2, 0.25) is 0 Å². The van der Waals surface area contributed by atoms with E-state index in [1.54, 1.807) is 0 Å². The number of carbonyl (C=O) groups is 1. The van der Waals surface area contributed by atoms with E-state index in [1.165, 1.54) is 12.1 Å². The minimum absolute atomic E-state index is 0.0140. The van der Waals surface area contributed by atoms with Gasteiger partial charge in [-0.05, 0) is 12.1 Å². The number of hydrogen-bond acceptors (Lipinski definition) is 2. The van der Waals surface area contributed by atoms with Gasteiger partial charge in [-0.15, -0.1) is 0 Å². The molecule has 2 N–H and O–H groups in total. The molecule has 5 heteroatoms. The average Bonchev–Trinajstić information content (AvgIpc) is 2.15. The highest BCUT2D eigenvalue weighted by Gasteiger charge is 2.22. The molecule has 1 amide bonds. The summed E-state index contributed by atoms with van der Waals surface area (Å²) in [6, 6.07) is 3.57. The highest BCUT2D eigenvalue weighted by atomic mass is 19.2. The van der Waals surface area contributed by atoms with Gasteiger partial charge in [0.1, 0.15) is 0 Å². The molecule has 1 saturated heterocycles. The number of rotatable bonds is 2. The molecule has 1 fully saturated rings. The first-order chi connectivity index (χ1) is 7.18. The highest BCUT2D eigenvalue weighted by molar-refractivity contribution is 5.94. The Labute approximate surface area is 85.5 Å². The summed E-state index contributed by atoms with van der Waals surface area (Å²) in [7, 11) is 0.